The first-order valence-electron chi connectivity index (χ1n) is 6.05. The molecule has 0 amide bonds. The zero-order valence-corrected chi connectivity index (χ0v) is 10.7. The number of hydrogen-bond acceptors (Lipinski definition) is 6. The molecular weight excluding hydrogens is 236 g/mol. The van der Waals surface area contributed by atoms with Crippen LogP contribution in [0.2, 0.25) is 0 Å². The summed E-state index contributed by atoms with van der Waals surface area (Å²) in [5.74, 6) is -0.764. The van der Waals surface area contributed by atoms with Crippen LogP contribution < -0.4 is 0 Å². The molecule has 1 N–H and O–H groups in total. The minimum Gasteiger partial charge on any atom is -0.480 e. The fourth-order valence-corrected chi connectivity index (χ4v) is 2.07. The Kier molecular flexibility index (Phi) is 3.93. The van der Waals surface area contributed by atoms with Crippen molar-refractivity contribution in [3.63, 3.8) is 0 Å². The fourth-order valence-electron chi connectivity index (χ4n) is 2.07. The van der Waals surface area contributed by atoms with Crippen LogP contribution in [0, 0.1) is 6.92 Å². The average Bonchev–Trinajstić information content (AvgIpc) is 2.75. The number of rotatable bonds is 4. The van der Waals surface area contributed by atoms with E-state index in [-0.39, 0.29) is 0 Å². The van der Waals surface area contributed by atoms with Gasteiger partial charge in [0.1, 0.15) is 17.4 Å². The minimum atomic E-state index is -0.764. The normalized spacial score (nSPS) is 19.9. The fraction of sp³-hybridized carbons (Fsp3) is 0.727. The van der Waals surface area contributed by atoms with Gasteiger partial charge in [-0.2, -0.15) is 0 Å². The van der Waals surface area contributed by atoms with E-state index in [1.165, 1.54) is 0 Å². The van der Waals surface area contributed by atoms with Gasteiger partial charge in [-0.25, -0.2) is 4.63 Å². The number of nitrogens with zero attached hydrogens (tertiary/aromatic N) is 4. The maximum atomic E-state index is 10.9. The molecule has 2 heterocycles. The lowest BCUT2D eigenvalue weighted by Gasteiger charge is -2.36. The Hall–Kier alpha value is -1.47. The van der Waals surface area contributed by atoms with Crippen LogP contribution in [0.3, 0.4) is 0 Å². The smallest absolute Gasteiger partial charge is 0.320 e. The van der Waals surface area contributed by atoms with Crippen LogP contribution in [0.5, 0.6) is 0 Å². The quantitative estimate of drug-likeness (QED) is 0.807. The topological polar surface area (TPSA) is 82.7 Å². The van der Waals surface area contributed by atoms with E-state index in [1.807, 2.05) is 11.8 Å². The molecule has 1 aromatic rings. The lowest BCUT2D eigenvalue weighted by atomic mass is 10.2. The van der Waals surface area contributed by atoms with Crippen LogP contribution >= 0.6 is 0 Å². The molecule has 1 aliphatic heterocycles. The van der Waals surface area contributed by atoms with E-state index in [2.05, 4.69) is 19.8 Å². The van der Waals surface area contributed by atoms with Crippen LogP contribution in [-0.4, -0.2) is 63.4 Å². The molecule has 1 saturated heterocycles. The molecule has 0 aliphatic carbocycles. The molecule has 0 aromatic carbocycles. The lowest BCUT2D eigenvalue weighted by molar-refractivity contribution is -0.143. The zero-order valence-electron chi connectivity index (χ0n) is 10.7. The Morgan fingerprint density at radius 2 is 2.06 bits per heavy atom. The summed E-state index contributed by atoms with van der Waals surface area (Å²) in [4.78, 5) is 15.1. The van der Waals surface area contributed by atoms with Gasteiger partial charge in [0.15, 0.2) is 0 Å². The highest BCUT2D eigenvalue weighted by molar-refractivity contribution is 5.72. The van der Waals surface area contributed by atoms with E-state index in [0.29, 0.717) is 6.54 Å². The Morgan fingerprint density at radius 1 is 1.39 bits per heavy atom. The van der Waals surface area contributed by atoms with Gasteiger partial charge < -0.3 is 5.11 Å². The van der Waals surface area contributed by atoms with Crippen molar-refractivity contribution in [3.05, 3.63) is 11.4 Å². The predicted molar refractivity (Wildman–Crippen MR) is 63.0 cm³/mol. The molecule has 0 spiro atoms. The highest BCUT2D eigenvalue weighted by Gasteiger charge is 2.25. The van der Waals surface area contributed by atoms with Gasteiger partial charge in [0, 0.05) is 32.7 Å². The summed E-state index contributed by atoms with van der Waals surface area (Å²) in [5, 5.41) is 16.6. The summed E-state index contributed by atoms with van der Waals surface area (Å²) < 4.78 is 4.66. The Morgan fingerprint density at radius 3 is 2.56 bits per heavy atom. The van der Waals surface area contributed by atoms with Crippen molar-refractivity contribution in [2.75, 3.05) is 26.2 Å². The standard InChI is InChI=1S/C11H18N4O3/c1-8-10(13-18-12-8)7-14-3-5-15(6-4-14)9(2)11(16)17/h9H,3-7H2,1-2H3,(H,16,17). The summed E-state index contributed by atoms with van der Waals surface area (Å²) in [6.45, 7) is 7.51. The lowest BCUT2D eigenvalue weighted by Crippen LogP contribution is -2.51. The summed E-state index contributed by atoms with van der Waals surface area (Å²) in [5.41, 5.74) is 1.67. The third kappa shape index (κ3) is 2.85. The Labute approximate surface area is 105 Å². The van der Waals surface area contributed by atoms with Gasteiger partial charge in [0.2, 0.25) is 0 Å². The van der Waals surface area contributed by atoms with Crippen LogP contribution in [0.25, 0.3) is 0 Å². The third-order valence-corrected chi connectivity index (χ3v) is 3.43. The summed E-state index contributed by atoms with van der Waals surface area (Å²) in [6.07, 6.45) is 0. The van der Waals surface area contributed by atoms with Gasteiger partial charge in [0.05, 0.1) is 0 Å². The minimum absolute atomic E-state index is 0.414. The van der Waals surface area contributed by atoms with E-state index in [0.717, 1.165) is 37.6 Å². The Balaban J connectivity index is 1.84. The van der Waals surface area contributed by atoms with Crippen molar-refractivity contribution >= 4 is 5.97 Å². The molecule has 100 valence electrons. The molecule has 1 aromatic heterocycles. The molecule has 7 heteroatoms. The second kappa shape index (κ2) is 5.45. The van der Waals surface area contributed by atoms with Crippen molar-refractivity contribution < 1.29 is 14.5 Å². The second-order valence-corrected chi connectivity index (χ2v) is 4.62. The molecule has 1 atom stereocenters. The van der Waals surface area contributed by atoms with Crippen LogP contribution in [0.1, 0.15) is 18.3 Å². The largest absolute Gasteiger partial charge is 0.480 e. The van der Waals surface area contributed by atoms with Crippen LogP contribution in [0.4, 0.5) is 0 Å². The van der Waals surface area contributed by atoms with E-state index in [9.17, 15) is 4.79 Å². The summed E-state index contributed by atoms with van der Waals surface area (Å²) in [6, 6.07) is -0.414. The van der Waals surface area contributed by atoms with Crippen LogP contribution in [-0.2, 0) is 11.3 Å². The van der Waals surface area contributed by atoms with Gasteiger partial charge >= 0.3 is 5.97 Å². The zero-order chi connectivity index (χ0) is 13.1. The molecule has 0 saturated carbocycles. The molecule has 18 heavy (non-hydrogen) atoms. The van der Waals surface area contributed by atoms with Crippen molar-refractivity contribution in [2.45, 2.75) is 26.4 Å². The molecule has 0 bridgehead atoms. The summed E-state index contributed by atoms with van der Waals surface area (Å²) >= 11 is 0. The van der Waals surface area contributed by atoms with Gasteiger partial charge in [-0.3, -0.25) is 14.6 Å². The van der Waals surface area contributed by atoms with Crippen molar-refractivity contribution in [1.82, 2.24) is 20.1 Å². The Bertz CT molecular complexity index is 412. The van der Waals surface area contributed by atoms with E-state index < -0.39 is 12.0 Å². The van der Waals surface area contributed by atoms with Crippen molar-refractivity contribution in [3.8, 4) is 0 Å². The highest BCUT2D eigenvalue weighted by atomic mass is 16.6. The number of aromatic nitrogens is 2. The monoisotopic (exact) mass is 254 g/mol. The first-order valence-corrected chi connectivity index (χ1v) is 6.05. The maximum absolute atomic E-state index is 10.9. The molecule has 1 unspecified atom stereocenters. The number of carboxylic acids is 1. The van der Waals surface area contributed by atoms with Crippen LogP contribution in [0.15, 0.2) is 4.63 Å². The maximum Gasteiger partial charge on any atom is 0.320 e. The first kappa shape index (κ1) is 13.0. The molecule has 7 nitrogen and oxygen atoms in total. The second-order valence-electron chi connectivity index (χ2n) is 4.62. The first-order chi connectivity index (χ1) is 8.58. The molecule has 1 fully saturated rings. The van der Waals surface area contributed by atoms with Gasteiger partial charge in [0.25, 0.3) is 0 Å². The third-order valence-electron chi connectivity index (χ3n) is 3.43. The predicted octanol–water partition coefficient (Wildman–Crippen LogP) is -0.0313. The van der Waals surface area contributed by atoms with Crippen molar-refractivity contribution in [1.29, 1.82) is 0 Å². The number of carbonyl (C=O) groups is 1. The molecule has 1 aliphatic rings. The molecule has 0 radical (unpaired) electrons. The number of aliphatic carboxylic acids is 1. The molecule has 2 rings (SSSR count). The van der Waals surface area contributed by atoms with E-state index in [1.54, 1.807) is 6.92 Å². The van der Waals surface area contributed by atoms with Crippen molar-refractivity contribution in [2.24, 2.45) is 0 Å². The number of aryl methyl sites for hydroxylation is 1. The van der Waals surface area contributed by atoms with E-state index in [4.69, 9.17) is 5.11 Å². The number of carboxylic acid groups (broad SMARTS) is 1. The van der Waals surface area contributed by atoms with Gasteiger partial charge in [-0.05, 0) is 13.8 Å². The highest BCUT2D eigenvalue weighted by Crippen LogP contribution is 2.11. The SMILES string of the molecule is Cc1nonc1CN1CCN(C(C)C(=O)O)CC1. The van der Waals surface area contributed by atoms with Gasteiger partial charge in [-0.1, -0.05) is 10.3 Å². The van der Waals surface area contributed by atoms with E-state index >= 15 is 0 Å². The number of hydrogen-bond donors (Lipinski definition) is 1. The number of piperazine rings is 1. The average molecular weight is 254 g/mol. The summed E-state index contributed by atoms with van der Waals surface area (Å²) in [7, 11) is 0. The molecular formula is C11H18N4O3. The van der Waals surface area contributed by atoms with Gasteiger partial charge in [-0.15, -0.1) is 0 Å².